The van der Waals surface area contributed by atoms with Gasteiger partial charge in [0.05, 0.1) is 0 Å². The molecule has 4 aliphatic rings. The summed E-state index contributed by atoms with van der Waals surface area (Å²) < 4.78 is 6.15. The van der Waals surface area contributed by atoms with E-state index in [9.17, 15) is 4.79 Å². The molecule has 162 valence electrons. The summed E-state index contributed by atoms with van der Waals surface area (Å²) in [6.45, 7) is 4.95. The number of fused-ring (bicyclic) bond motifs is 6. The zero-order valence-electron chi connectivity index (χ0n) is 18.9. The van der Waals surface area contributed by atoms with Gasteiger partial charge in [-0.1, -0.05) is 43.7 Å². The minimum atomic E-state index is 0.123. The number of hydrogen-bond donors (Lipinski definition) is 0. The molecule has 3 saturated carbocycles. The van der Waals surface area contributed by atoms with Gasteiger partial charge in [0.1, 0.15) is 11.3 Å². The van der Waals surface area contributed by atoms with E-state index < -0.39 is 0 Å². The first-order valence-corrected chi connectivity index (χ1v) is 12.1. The lowest BCUT2D eigenvalue weighted by Crippen LogP contribution is -2.59. The van der Waals surface area contributed by atoms with E-state index in [0.717, 1.165) is 29.6 Å². The number of carbonyl (C=O) groups excluding carboxylic acids is 1. The van der Waals surface area contributed by atoms with E-state index in [0.29, 0.717) is 12.0 Å². The molecule has 1 amide bonds. The van der Waals surface area contributed by atoms with Crippen LogP contribution < -0.4 is 0 Å². The van der Waals surface area contributed by atoms with E-state index in [1.165, 1.54) is 37.5 Å². The van der Waals surface area contributed by atoms with Gasteiger partial charge in [0.2, 0.25) is 5.91 Å². The first kappa shape index (κ1) is 19.4. The van der Waals surface area contributed by atoms with Gasteiger partial charge in [0.15, 0.2) is 0 Å². The van der Waals surface area contributed by atoms with E-state index in [1.54, 1.807) is 5.57 Å². The van der Waals surface area contributed by atoms with Crippen molar-refractivity contribution in [3.8, 4) is 0 Å². The zero-order chi connectivity index (χ0) is 21.4. The number of allylic oxidation sites excluding steroid dienone is 1. The van der Waals surface area contributed by atoms with Crippen molar-refractivity contribution < 1.29 is 9.21 Å². The second-order valence-corrected chi connectivity index (χ2v) is 11.0. The Morgan fingerprint density at radius 2 is 1.94 bits per heavy atom. The summed E-state index contributed by atoms with van der Waals surface area (Å²) in [5.74, 6) is 3.37. The summed E-state index contributed by atoms with van der Waals surface area (Å²) in [6.07, 6.45) is 13.9. The number of para-hydroxylation sites is 1. The van der Waals surface area contributed by atoms with Crippen LogP contribution in [0.2, 0.25) is 0 Å². The molecule has 1 unspecified atom stereocenters. The number of rotatable bonds is 1. The van der Waals surface area contributed by atoms with Crippen LogP contribution in [-0.2, 0) is 4.79 Å². The fourth-order valence-corrected chi connectivity index (χ4v) is 8.07. The molecule has 0 N–H and O–H groups in total. The van der Waals surface area contributed by atoms with Crippen molar-refractivity contribution in [3.05, 3.63) is 53.8 Å². The molecule has 2 heterocycles. The Labute approximate surface area is 185 Å². The molecule has 1 aromatic carbocycles. The second-order valence-electron chi connectivity index (χ2n) is 11.0. The van der Waals surface area contributed by atoms with Crippen LogP contribution in [0.25, 0.3) is 17.0 Å². The molecule has 0 saturated heterocycles. The van der Waals surface area contributed by atoms with E-state index in [2.05, 4.69) is 50.3 Å². The minimum absolute atomic E-state index is 0.123. The van der Waals surface area contributed by atoms with E-state index in [-0.39, 0.29) is 16.7 Å². The molecule has 0 bridgehead atoms. The maximum atomic E-state index is 12.3. The second kappa shape index (κ2) is 6.60. The molecular formula is C28H33NO2. The average molecular weight is 416 g/mol. The molecule has 0 radical (unpaired) electrons. The van der Waals surface area contributed by atoms with Crippen molar-refractivity contribution >= 4 is 23.0 Å². The van der Waals surface area contributed by atoms with Gasteiger partial charge >= 0.3 is 0 Å². The molecule has 6 rings (SSSR count). The molecule has 3 nitrogen and oxygen atoms in total. The van der Waals surface area contributed by atoms with Crippen LogP contribution in [0.15, 0.2) is 52.5 Å². The smallest absolute Gasteiger partial charge is 0.246 e. The molecule has 0 spiro atoms. The monoisotopic (exact) mass is 415 g/mol. The van der Waals surface area contributed by atoms with Gasteiger partial charge in [0.25, 0.3) is 0 Å². The maximum Gasteiger partial charge on any atom is 0.246 e. The van der Waals surface area contributed by atoms with Crippen molar-refractivity contribution in [1.29, 1.82) is 0 Å². The van der Waals surface area contributed by atoms with E-state index >= 15 is 0 Å². The Bertz CT molecular complexity index is 1080. The predicted octanol–water partition coefficient (Wildman–Crippen LogP) is 6.46. The lowest BCUT2D eigenvalue weighted by molar-refractivity contribution is -0.137. The van der Waals surface area contributed by atoms with Crippen molar-refractivity contribution in [2.45, 2.75) is 58.4 Å². The number of amides is 1. The summed E-state index contributed by atoms with van der Waals surface area (Å²) in [6, 6.07) is 10.9. The number of benzene rings is 1. The third-order valence-corrected chi connectivity index (χ3v) is 9.74. The Balaban J connectivity index is 1.32. The summed E-state index contributed by atoms with van der Waals surface area (Å²) in [7, 11) is 2.01. The van der Waals surface area contributed by atoms with Crippen LogP contribution in [0.4, 0.5) is 0 Å². The van der Waals surface area contributed by atoms with Crippen LogP contribution in [-0.4, -0.2) is 23.9 Å². The van der Waals surface area contributed by atoms with Crippen LogP contribution in [0, 0.1) is 28.6 Å². The van der Waals surface area contributed by atoms with Crippen molar-refractivity contribution in [2.75, 3.05) is 7.05 Å². The highest BCUT2D eigenvalue weighted by Crippen LogP contribution is 2.65. The molecule has 31 heavy (non-hydrogen) atoms. The fraction of sp³-hybridized carbons (Fsp3) is 0.536. The van der Waals surface area contributed by atoms with Crippen molar-refractivity contribution in [3.63, 3.8) is 0 Å². The van der Waals surface area contributed by atoms with Crippen LogP contribution >= 0.6 is 0 Å². The topological polar surface area (TPSA) is 33.5 Å². The largest absolute Gasteiger partial charge is 0.457 e. The Hall–Kier alpha value is -2.29. The third-order valence-electron chi connectivity index (χ3n) is 9.74. The fourth-order valence-electron chi connectivity index (χ4n) is 8.07. The number of likely N-dealkylation sites (N-methyl/N-ethyl adjacent to an activating group) is 1. The molecule has 2 aromatic rings. The summed E-state index contributed by atoms with van der Waals surface area (Å²) in [5, 5.41) is 1.19. The average Bonchev–Trinajstić information content (AvgIpc) is 3.32. The van der Waals surface area contributed by atoms with E-state index in [1.807, 2.05) is 24.1 Å². The van der Waals surface area contributed by atoms with E-state index in [4.69, 9.17) is 4.42 Å². The predicted molar refractivity (Wildman–Crippen MR) is 124 cm³/mol. The van der Waals surface area contributed by atoms with Crippen LogP contribution in [0.1, 0.15) is 58.1 Å². The molecule has 1 aromatic heterocycles. The first-order valence-electron chi connectivity index (χ1n) is 12.1. The Morgan fingerprint density at radius 1 is 1.10 bits per heavy atom. The van der Waals surface area contributed by atoms with Gasteiger partial charge in [0, 0.05) is 23.9 Å². The lowest BCUT2D eigenvalue weighted by Gasteiger charge is -2.59. The third kappa shape index (κ3) is 2.68. The summed E-state index contributed by atoms with van der Waals surface area (Å²) in [4.78, 5) is 14.3. The van der Waals surface area contributed by atoms with Gasteiger partial charge in [-0.15, -0.1) is 0 Å². The summed E-state index contributed by atoms with van der Waals surface area (Å²) in [5.41, 5.74) is 2.97. The van der Waals surface area contributed by atoms with Gasteiger partial charge in [-0.3, -0.25) is 4.79 Å². The quantitative estimate of drug-likeness (QED) is 0.536. The molecule has 6 atom stereocenters. The minimum Gasteiger partial charge on any atom is -0.457 e. The lowest BCUT2D eigenvalue weighted by atomic mass is 9.48. The number of furan rings is 1. The molecule has 3 fully saturated rings. The Morgan fingerprint density at radius 3 is 2.77 bits per heavy atom. The first-order chi connectivity index (χ1) is 14.9. The highest BCUT2D eigenvalue weighted by molar-refractivity contribution is 5.89. The van der Waals surface area contributed by atoms with Gasteiger partial charge in [-0.2, -0.15) is 0 Å². The standard InChI is InChI=1S/C28H33NO2/c1-27-14-12-23-21(9-11-25-28(23,2)15-13-26(30)29(25)3)22(27)10-8-19(27)17-20-16-18-6-4-5-7-24(18)31-20/h4-7,13,15-17,21-23,25H,8-12,14H2,1-3H3/t21-,22-,23+,25?,27+,28+/m0/s1. The molecule has 1 aliphatic heterocycles. The molecular weight excluding hydrogens is 382 g/mol. The van der Waals surface area contributed by atoms with Crippen molar-refractivity contribution in [1.82, 2.24) is 4.90 Å². The van der Waals surface area contributed by atoms with Crippen LogP contribution in [0.3, 0.4) is 0 Å². The van der Waals surface area contributed by atoms with Gasteiger partial charge in [-0.25, -0.2) is 0 Å². The number of hydrogen-bond acceptors (Lipinski definition) is 2. The number of nitrogens with zero attached hydrogens (tertiary/aromatic N) is 1. The summed E-state index contributed by atoms with van der Waals surface area (Å²) >= 11 is 0. The highest BCUT2D eigenvalue weighted by atomic mass is 16.3. The van der Waals surface area contributed by atoms with Gasteiger partial charge in [-0.05, 0) is 86.0 Å². The van der Waals surface area contributed by atoms with Crippen molar-refractivity contribution in [2.24, 2.45) is 28.6 Å². The maximum absolute atomic E-state index is 12.3. The zero-order valence-corrected chi connectivity index (χ0v) is 18.9. The Kier molecular flexibility index (Phi) is 4.13. The molecule has 3 aliphatic carbocycles. The van der Waals surface area contributed by atoms with Gasteiger partial charge < -0.3 is 9.32 Å². The van der Waals surface area contributed by atoms with Crippen LogP contribution in [0.5, 0.6) is 0 Å². The SMILES string of the molecule is CN1C(=O)C=C[C@@]2(C)C1CC[C@@H]1[C@H]2CC[C@]2(C)C(=Cc3cc4ccccc4o3)CC[C@@H]12. The normalized spacial score (nSPS) is 40.8. The number of carbonyl (C=O) groups is 1. The highest BCUT2D eigenvalue weighted by Gasteiger charge is 2.59. The molecule has 3 heteroatoms.